The number of ether oxygens (including phenoxy) is 1. The van der Waals surface area contributed by atoms with Gasteiger partial charge in [-0.15, -0.1) is 0 Å². The third-order valence-electron chi connectivity index (χ3n) is 4.16. The van der Waals surface area contributed by atoms with Gasteiger partial charge in [-0.1, -0.05) is 0 Å². The van der Waals surface area contributed by atoms with Gasteiger partial charge in [-0.3, -0.25) is 9.78 Å². The van der Waals surface area contributed by atoms with Crippen molar-refractivity contribution in [1.82, 2.24) is 14.5 Å². The van der Waals surface area contributed by atoms with Crippen LogP contribution in [0, 0.1) is 18.3 Å². The van der Waals surface area contributed by atoms with Crippen molar-refractivity contribution in [2.45, 2.75) is 20.1 Å². The van der Waals surface area contributed by atoms with Gasteiger partial charge in [0.1, 0.15) is 17.4 Å². The Hall–Kier alpha value is -3.44. The second-order valence-corrected chi connectivity index (χ2v) is 5.69. The molecule has 0 aliphatic carbocycles. The molecule has 3 aromatic heterocycles. The first-order valence-electron chi connectivity index (χ1n) is 7.75. The van der Waals surface area contributed by atoms with Gasteiger partial charge in [0.25, 0.3) is 5.56 Å². The molecule has 0 radical (unpaired) electrons. The molecule has 0 saturated heterocycles. The number of aliphatic hydroxyl groups is 1. The monoisotopic (exact) mass is 352 g/mol. The van der Waals surface area contributed by atoms with Crippen LogP contribution >= 0.6 is 0 Å². The predicted octanol–water partition coefficient (Wildman–Crippen LogP) is 1.23. The van der Waals surface area contributed by atoms with Crippen molar-refractivity contribution in [2.24, 2.45) is 0 Å². The van der Waals surface area contributed by atoms with E-state index in [1.165, 1.54) is 23.9 Å². The Kier molecular flexibility index (Phi) is 4.56. The first-order chi connectivity index (χ1) is 12.5. The topological polar surface area (TPSA) is 121 Å². The molecule has 0 unspecified atom stereocenters. The van der Waals surface area contributed by atoms with Gasteiger partial charge in [0.05, 0.1) is 36.9 Å². The number of aromatic nitrogens is 3. The predicted molar refractivity (Wildman–Crippen MR) is 92.9 cm³/mol. The molecule has 0 aromatic carbocycles. The van der Waals surface area contributed by atoms with Gasteiger partial charge in [0, 0.05) is 23.5 Å². The van der Waals surface area contributed by atoms with Gasteiger partial charge in [-0.25, -0.2) is 4.98 Å². The maximum atomic E-state index is 12.8. The van der Waals surface area contributed by atoms with Crippen LogP contribution in [-0.4, -0.2) is 31.9 Å². The van der Waals surface area contributed by atoms with Crippen LogP contribution in [0.3, 0.4) is 0 Å². The van der Waals surface area contributed by atoms with Crippen LogP contribution in [0.25, 0.3) is 10.9 Å². The van der Waals surface area contributed by atoms with Crippen molar-refractivity contribution in [3.05, 3.63) is 57.3 Å². The minimum absolute atomic E-state index is 0.0494. The summed E-state index contributed by atoms with van der Waals surface area (Å²) < 4.78 is 6.44. The summed E-state index contributed by atoms with van der Waals surface area (Å²) >= 11 is 0. The average molecular weight is 352 g/mol. The molecule has 0 aliphatic heterocycles. The van der Waals surface area contributed by atoms with Crippen molar-refractivity contribution >= 4 is 10.9 Å². The van der Waals surface area contributed by atoms with E-state index in [4.69, 9.17) is 4.74 Å². The van der Waals surface area contributed by atoms with E-state index < -0.39 is 0 Å². The Balaban J connectivity index is 2.17. The van der Waals surface area contributed by atoms with Crippen LogP contribution < -0.4 is 10.3 Å². The van der Waals surface area contributed by atoms with Crippen LogP contribution in [0.2, 0.25) is 0 Å². The summed E-state index contributed by atoms with van der Waals surface area (Å²) in [5.74, 6) is 0.0937. The lowest BCUT2D eigenvalue weighted by molar-refractivity contribution is 0.278. The highest BCUT2D eigenvalue weighted by Crippen LogP contribution is 2.25. The van der Waals surface area contributed by atoms with Crippen LogP contribution in [0.15, 0.2) is 29.3 Å². The largest absolute Gasteiger partial charge is 0.506 e. The lowest BCUT2D eigenvalue weighted by Gasteiger charge is -2.13. The number of pyridine rings is 3. The van der Waals surface area contributed by atoms with Crippen LogP contribution in [-0.2, 0) is 13.2 Å². The first-order valence-corrected chi connectivity index (χ1v) is 7.75. The Labute approximate surface area is 148 Å². The zero-order chi connectivity index (χ0) is 18.8. The molecule has 0 saturated carbocycles. The third-order valence-corrected chi connectivity index (χ3v) is 4.16. The minimum Gasteiger partial charge on any atom is -0.506 e. The van der Waals surface area contributed by atoms with Gasteiger partial charge in [0.2, 0.25) is 5.88 Å². The smallest absolute Gasteiger partial charge is 0.260 e. The summed E-state index contributed by atoms with van der Waals surface area (Å²) in [5.41, 5.74) is 1.46. The van der Waals surface area contributed by atoms with Gasteiger partial charge in [-0.05, 0) is 19.1 Å². The molecule has 0 atom stereocenters. The number of hydrogen-bond donors (Lipinski definition) is 2. The second kappa shape index (κ2) is 6.82. The summed E-state index contributed by atoms with van der Waals surface area (Å²) in [6.07, 6.45) is 3.01. The van der Waals surface area contributed by atoms with Crippen LogP contribution in [0.1, 0.15) is 22.4 Å². The molecule has 0 amide bonds. The normalized spacial score (nSPS) is 10.7. The number of fused-ring (bicyclic) bond motifs is 1. The van der Waals surface area contributed by atoms with Crippen LogP contribution in [0.5, 0.6) is 11.6 Å². The SMILES string of the molecule is COc1nc2ccn(Cc3c(CO)cnc(C)c3O)c(=O)c2cc1C#N. The van der Waals surface area contributed by atoms with Gasteiger partial charge >= 0.3 is 0 Å². The second-order valence-electron chi connectivity index (χ2n) is 5.69. The highest BCUT2D eigenvalue weighted by molar-refractivity contribution is 5.80. The summed E-state index contributed by atoms with van der Waals surface area (Å²) in [4.78, 5) is 21.0. The van der Waals surface area contributed by atoms with E-state index in [0.29, 0.717) is 22.3 Å². The molecular formula is C18H16N4O4. The average Bonchev–Trinajstić information content (AvgIpc) is 2.66. The molecule has 2 N–H and O–H groups in total. The van der Waals surface area contributed by atoms with E-state index in [2.05, 4.69) is 9.97 Å². The molecule has 0 bridgehead atoms. The van der Waals surface area contributed by atoms with Gasteiger partial charge in [-0.2, -0.15) is 5.26 Å². The molecule has 8 heteroatoms. The summed E-state index contributed by atoms with van der Waals surface area (Å²) in [6, 6.07) is 5.02. The first kappa shape index (κ1) is 17.4. The molecule has 0 fully saturated rings. The van der Waals surface area contributed by atoms with E-state index in [9.17, 15) is 20.3 Å². The summed E-state index contributed by atoms with van der Waals surface area (Å²) in [6.45, 7) is 1.38. The molecule has 8 nitrogen and oxygen atoms in total. The summed E-state index contributed by atoms with van der Waals surface area (Å²) in [5, 5.41) is 29.2. The molecule has 3 heterocycles. The number of hydrogen-bond acceptors (Lipinski definition) is 7. The molecule has 132 valence electrons. The van der Waals surface area contributed by atoms with E-state index in [0.717, 1.165) is 0 Å². The highest BCUT2D eigenvalue weighted by atomic mass is 16.5. The molecular weight excluding hydrogens is 336 g/mol. The number of aromatic hydroxyl groups is 1. The minimum atomic E-state index is -0.369. The number of aryl methyl sites for hydroxylation is 1. The van der Waals surface area contributed by atoms with Crippen molar-refractivity contribution < 1.29 is 14.9 Å². The van der Waals surface area contributed by atoms with E-state index in [1.54, 1.807) is 19.2 Å². The number of aliphatic hydroxyl groups excluding tert-OH is 1. The highest BCUT2D eigenvalue weighted by Gasteiger charge is 2.15. The lowest BCUT2D eigenvalue weighted by Crippen LogP contribution is -2.21. The molecule has 3 rings (SSSR count). The Morgan fingerprint density at radius 2 is 2.19 bits per heavy atom. The van der Waals surface area contributed by atoms with E-state index in [1.807, 2.05) is 6.07 Å². The third kappa shape index (κ3) is 2.85. The van der Waals surface area contributed by atoms with E-state index >= 15 is 0 Å². The zero-order valence-electron chi connectivity index (χ0n) is 14.2. The van der Waals surface area contributed by atoms with E-state index in [-0.39, 0.29) is 41.3 Å². The maximum absolute atomic E-state index is 12.8. The van der Waals surface area contributed by atoms with Crippen LogP contribution in [0.4, 0.5) is 0 Å². The number of nitrogens with zero attached hydrogens (tertiary/aromatic N) is 4. The zero-order valence-corrected chi connectivity index (χ0v) is 14.2. The maximum Gasteiger partial charge on any atom is 0.260 e. The van der Waals surface area contributed by atoms with Gasteiger partial charge < -0.3 is 19.5 Å². The Morgan fingerprint density at radius 1 is 1.42 bits per heavy atom. The van der Waals surface area contributed by atoms with Crippen molar-refractivity contribution in [1.29, 1.82) is 5.26 Å². The molecule has 0 aliphatic rings. The quantitative estimate of drug-likeness (QED) is 0.724. The Morgan fingerprint density at radius 3 is 2.85 bits per heavy atom. The number of rotatable bonds is 4. The van der Waals surface area contributed by atoms with Crippen molar-refractivity contribution in [3.8, 4) is 17.7 Å². The molecule has 26 heavy (non-hydrogen) atoms. The summed E-state index contributed by atoms with van der Waals surface area (Å²) in [7, 11) is 1.40. The molecule has 0 spiro atoms. The standard InChI is InChI=1S/C18H16N4O4/c1-10-16(24)14(12(9-23)7-20-10)8-22-4-3-15-13(18(22)25)5-11(6-19)17(21-15)26-2/h3-5,7,23-24H,8-9H2,1-2H3. The fraction of sp³-hybridized carbons (Fsp3) is 0.222. The number of methoxy groups -OCH3 is 1. The number of nitriles is 1. The Bertz CT molecular complexity index is 1100. The molecule has 3 aromatic rings. The van der Waals surface area contributed by atoms with Gasteiger partial charge in [0.15, 0.2) is 0 Å². The van der Waals surface area contributed by atoms with Crippen molar-refractivity contribution in [3.63, 3.8) is 0 Å². The van der Waals surface area contributed by atoms with Crippen molar-refractivity contribution in [2.75, 3.05) is 7.11 Å². The fourth-order valence-corrected chi connectivity index (χ4v) is 2.72. The lowest BCUT2D eigenvalue weighted by atomic mass is 10.1. The fourth-order valence-electron chi connectivity index (χ4n) is 2.72.